The summed E-state index contributed by atoms with van der Waals surface area (Å²) in [4.78, 5) is 22.5. The fraction of sp³-hybridized carbons (Fsp3) is 0. The topological polar surface area (TPSA) is 71.0 Å². The van der Waals surface area contributed by atoms with Crippen LogP contribution in [0.4, 0.5) is 0 Å². The number of para-hydroxylation sites is 3. The first-order valence-corrected chi connectivity index (χ1v) is 8.12. The third kappa shape index (κ3) is 1.59. The van der Waals surface area contributed by atoms with E-state index in [1.54, 1.807) is 0 Å². The Labute approximate surface area is 139 Å². The molecule has 0 aliphatic rings. The Hall–Kier alpha value is -3.30. The predicted octanol–water partition coefficient (Wildman–Crippen LogP) is 3.48. The van der Waals surface area contributed by atoms with E-state index in [-0.39, 0.29) is 16.5 Å². The van der Waals surface area contributed by atoms with Crippen LogP contribution in [0.3, 0.4) is 0 Å². The number of hydrogen-bond donors (Lipinski definition) is 0. The molecule has 5 nitrogen and oxygen atoms in total. The summed E-state index contributed by atoms with van der Waals surface area (Å²) in [6.07, 6.45) is 0. The van der Waals surface area contributed by atoms with Gasteiger partial charge in [-0.25, -0.2) is 9.97 Å². The Kier molecular flexibility index (Phi) is 2.52. The van der Waals surface area contributed by atoms with Crippen LogP contribution in [0.25, 0.3) is 37.2 Å². The number of fused-ring (bicyclic) bond motifs is 6. The molecule has 0 amide bonds. The number of nitriles is 1. The highest BCUT2D eigenvalue weighted by atomic mass is 32.1. The molecule has 0 aliphatic heterocycles. The van der Waals surface area contributed by atoms with Crippen molar-refractivity contribution in [1.82, 2.24) is 14.4 Å². The molecule has 5 rings (SSSR count). The van der Waals surface area contributed by atoms with Gasteiger partial charge in [0.15, 0.2) is 11.2 Å². The zero-order valence-corrected chi connectivity index (χ0v) is 13.0. The predicted molar refractivity (Wildman–Crippen MR) is 94.4 cm³/mol. The minimum atomic E-state index is -0.364. The lowest BCUT2D eigenvalue weighted by molar-refractivity contribution is 1.22. The quantitative estimate of drug-likeness (QED) is 0.408. The Morgan fingerprint density at radius 2 is 1.71 bits per heavy atom. The van der Waals surface area contributed by atoms with Crippen LogP contribution in [-0.2, 0) is 0 Å². The second-order valence-corrected chi connectivity index (χ2v) is 6.44. The molecule has 0 unspecified atom stereocenters. The summed E-state index contributed by atoms with van der Waals surface area (Å²) in [5.41, 5.74) is 2.76. The van der Waals surface area contributed by atoms with Gasteiger partial charge in [-0.2, -0.15) is 5.26 Å². The van der Waals surface area contributed by atoms with Gasteiger partial charge in [-0.15, -0.1) is 11.3 Å². The monoisotopic (exact) mass is 328 g/mol. The van der Waals surface area contributed by atoms with Crippen molar-refractivity contribution in [1.29, 1.82) is 5.26 Å². The molecule has 0 radical (unpaired) electrons. The van der Waals surface area contributed by atoms with E-state index < -0.39 is 0 Å². The normalized spacial score (nSPS) is 11.5. The van der Waals surface area contributed by atoms with Gasteiger partial charge in [0, 0.05) is 0 Å². The SMILES string of the molecule is N#Cc1c(=O)c2nc3ccccc3nc2n2c1sc1ccccc12. The maximum absolute atomic E-state index is 12.8. The van der Waals surface area contributed by atoms with Gasteiger partial charge in [0.1, 0.15) is 16.5 Å². The molecule has 6 heteroatoms. The lowest BCUT2D eigenvalue weighted by Gasteiger charge is -2.05. The van der Waals surface area contributed by atoms with Crippen molar-refractivity contribution in [3.8, 4) is 6.07 Å². The molecular weight excluding hydrogens is 320 g/mol. The van der Waals surface area contributed by atoms with Crippen molar-refractivity contribution in [2.75, 3.05) is 0 Å². The smallest absolute Gasteiger partial charge is 0.228 e. The van der Waals surface area contributed by atoms with Gasteiger partial charge < -0.3 is 0 Å². The van der Waals surface area contributed by atoms with Gasteiger partial charge in [0.2, 0.25) is 5.43 Å². The highest BCUT2D eigenvalue weighted by Crippen LogP contribution is 2.30. The number of pyridine rings is 1. The summed E-state index contributed by atoms with van der Waals surface area (Å²) in [5, 5.41) is 9.51. The van der Waals surface area contributed by atoms with Gasteiger partial charge in [0.25, 0.3) is 0 Å². The van der Waals surface area contributed by atoms with E-state index in [0.29, 0.717) is 16.0 Å². The number of thiazole rings is 1. The number of aromatic nitrogens is 3. The second kappa shape index (κ2) is 4.60. The fourth-order valence-electron chi connectivity index (χ4n) is 2.97. The van der Waals surface area contributed by atoms with E-state index in [4.69, 9.17) is 0 Å². The summed E-state index contributed by atoms with van der Waals surface area (Å²) in [6, 6.07) is 17.3. The van der Waals surface area contributed by atoms with Crippen LogP contribution in [0, 0.1) is 11.3 Å². The average molecular weight is 328 g/mol. The van der Waals surface area contributed by atoms with Crippen LogP contribution in [0.1, 0.15) is 5.56 Å². The summed E-state index contributed by atoms with van der Waals surface area (Å²) in [5.74, 6) is 0. The number of rotatable bonds is 0. The Morgan fingerprint density at radius 3 is 2.50 bits per heavy atom. The molecule has 24 heavy (non-hydrogen) atoms. The second-order valence-electron chi connectivity index (χ2n) is 5.41. The first-order chi connectivity index (χ1) is 11.8. The standard InChI is InChI=1S/C18H8N4OS/c19-9-10-16(23)15-17(21-12-6-2-1-5-11(12)20-15)22-13-7-3-4-8-14(13)24-18(10)22/h1-8H. The summed E-state index contributed by atoms with van der Waals surface area (Å²) >= 11 is 1.42. The van der Waals surface area contributed by atoms with E-state index in [2.05, 4.69) is 9.97 Å². The molecule has 0 spiro atoms. The Bertz CT molecular complexity index is 1390. The Balaban J connectivity index is 2.19. The molecule has 0 saturated heterocycles. The molecule has 3 aromatic heterocycles. The zero-order chi connectivity index (χ0) is 16.3. The first kappa shape index (κ1) is 13.2. The maximum atomic E-state index is 12.8. The molecule has 0 bridgehead atoms. The van der Waals surface area contributed by atoms with Crippen molar-refractivity contribution in [2.24, 2.45) is 0 Å². The lowest BCUT2D eigenvalue weighted by atomic mass is 10.2. The van der Waals surface area contributed by atoms with Crippen molar-refractivity contribution in [2.45, 2.75) is 0 Å². The van der Waals surface area contributed by atoms with E-state index in [9.17, 15) is 10.1 Å². The average Bonchev–Trinajstić information content (AvgIpc) is 3.00. The Morgan fingerprint density at radius 1 is 1.00 bits per heavy atom. The highest BCUT2D eigenvalue weighted by molar-refractivity contribution is 7.24. The highest BCUT2D eigenvalue weighted by Gasteiger charge is 2.18. The van der Waals surface area contributed by atoms with Gasteiger partial charge in [-0.3, -0.25) is 9.20 Å². The van der Waals surface area contributed by atoms with E-state index in [1.165, 1.54) is 11.3 Å². The molecule has 112 valence electrons. The van der Waals surface area contributed by atoms with Gasteiger partial charge in [0.05, 0.1) is 21.3 Å². The molecule has 0 fully saturated rings. The maximum Gasteiger partial charge on any atom is 0.228 e. The van der Waals surface area contributed by atoms with Crippen LogP contribution in [-0.4, -0.2) is 14.4 Å². The summed E-state index contributed by atoms with van der Waals surface area (Å²) in [6.45, 7) is 0. The van der Waals surface area contributed by atoms with Gasteiger partial charge in [-0.05, 0) is 24.3 Å². The largest absolute Gasteiger partial charge is 0.286 e. The number of nitrogens with zero attached hydrogens (tertiary/aromatic N) is 4. The van der Waals surface area contributed by atoms with Gasteiger partial charge in [-0.1, -0.05) is 24.3 Å². The van der Waals surface area contributed by atoms with Crippen LogP contribution in [0.2, 0.25) is 0 Å². The van der Waals surface area contributed by atoms with E-state index >= 15 is 0 Å². The first-order valence-electron chi connectivity index (χ1n) is 7.31. The third-order valence-electron chi connectivity index (χ3n) is 4.05. The van der Waals surface area contributed by atoms with Crippen molar-refractivity contribution >= 4 is 48.6 Å². The molecular formula is C18H8N4OS. The lowest BCUT2D eigenvalue weighted by Crippen LogP contribution is -2.12. The minimum absolute atomic E-state index is 0.119. The van der Waals surface area contributed by atoms with Crippen LogP contribution >= 0.6 is 11.3 Å². The summed E-state index contributed by atoms with van der Waals surface area (Å²) in [7, 11) is 0. The zero-order valence-electron chi connectivity index (χ0n) is 12.2. The number of hydrogen-bond acceptors (Lipinski definition) is 5. The van der Waals surface area contributed by atoms with Crippen molar-refractivity contribution in [3.05, 3.63) is 64.3 Å². The van der Waals surface area contributed by atoms with Crippen molar-refractivity contribution < 1.29 is 0 Å². The van der Waals surface area contributed by atoms with Crippen LogP contribution in [0.15, 0.2) is 53.3 Å². The fourth-order valence-corrected chi connectivity index (χ4v) is 4.11. The third-order valence-corrected chi connectivity index (χ3v) is 5.19. The molecule has 2 aromatic carbocycles. The van der Waals surface area contributed by atoms with Crippen molar-refractivity contribution in [3.63, 3.8) is 0 Å². The van der Waals surface area contributed by atoms with E-state index in [1.807, 2.05) is 59.0 Å². The van der Waals surface area contributed by atoms with Gasteiger partial charge >= 0.3 is 0 Å². The number of benzene rings is 2. The van der Waals surface area contributed by atoms with Crippen LogP contribution in [0.5, 0.6) is 0 Å². The molecule has 0 aliphatic carbocycles. The van der Waals surface area contributed by atoms with Crippen LogP contribution < -0.4 is 5.43 Å². The minimum Gasteiger partial charge on any atom is -0.286 e. The van der Waals surface area contributed by atoms with E-state index in [0.717, 1.165) is 15.7 Å². The molecule has 0 atom stereocenters. The molecule has 3 heterocycles. The summed E-state index contributed by atoms with van der Waals surface area (Å²) < 4.78 is 2.87. The molecule has 0 saturated carbocycles. The molecule has 5 aromatic rings. The molecule has 0 N–H and O–H groups in total.